The predicted molar refractivity (Wildman–Crippen MR) is 84.0 cm³/mol. The van der Waals surface area contributed by atoms with E-state index in [1.165, 1.54) is 32.9 Å². The van der Waals surface area contributed by atoms with Crippen molar-refractivity contribution in [1.29, 1.82) is 0 Å². The minimum atomic E-state index is 1.08. The SMILES string of the molecule is c1cc2cc(CCc3ccc4[nH]ccc4c3)ccc2[nH]1. The van der Waals surface area contributed by atoms with Crippen molar-refractivity contribution >= 4 is 21.8 Å². The monoisotopic (exact) mass is 260 g/mol. The molecule has 0 saturated carbocycles. The number of aromatic nitrogens is 2. The summed E-state index contributed by atoms with van der Waals surface area (Å²) >= 11 is 0. The molecule has 0 saturated heterocycles. The zero-order valence-corrected chi connectivity index (χ0v) is 11.2. The summed E-state index contributed by atoms with van der Waals surface area (Å²) in [4.78, 5) is 6.47. The molecule has 0 radical (unpaired) electrons. The molecule has 0 atom stereocenters. The molecule has 2 heteroatoms. The van der Waals surface area contributed by atoms with Crippen LogP contribution in [0.15, 0.2) is 60.9 Å². The van der Waals surface area contributed by atoms with E-state index in [0.717, 1.165) is 12.8 Å². The standard InChI is InChI=1S/C18H16N2/c1(13-3-5-17-15(11-13)7-9-19-17)2-14-4-6-18-16(12-14)8-10-20-18/h3-12,19-20H,1-2H2. The van der Waals surface area contributed by atoms with E-state index in [2.05, 4.69) is 58.5 Å². The Balaban J connectivity index is 1.56. The quantitative estimate of drug-likeness (QED) is 0.546. The van der Waals surface area contributed by atoms with Gasteiger partial charge in [-0.25, -0.2) is 0 Å². The molecule has 0 aliphatic carbocycles. The molecule has 0 fully saturated rings. The molecule has 0 bridgehead atoms. The number of nitrogens with one attached hydrogen (secondary N) is 2. The Morgan fingerprint density at radius 2 is 1.10 bits per heavy atom. The van der Waals surface area contributed by atoms with E-state index in [0.29, 0.717) is 0 Å². The smallest absolute Gasteiger partial charge is 0.0454 e. The van der Waals surface area contributed by atoms with Crippen LogP contribution >= 0.6 is 0 Å². The zero-order valence-electron chi connectivity index (χ0n) is 11.2. The van der Waals surface area contributed by atoms with E-state index in [1.807, 2.05) is 12.4 Å². The summed E-state index contributed by atoms with van der Waals surface area (Å²) in [6.07, 6.45) is 6.15. The fourth-order valence-corrected chi connectivity index (χ4v) is 2.81. The summed E-state index contributed by atoms with van der Waals surface area (Å²) in [5, 5.41) is 2.59. The molecule has 0 unspecified atom stereocenters. The summed E-state index contributed by atoms with van der Waals surface area (Å²) in [6, 6.07) is 17.6. The fourth-order valence-electron chi connectivity index (χ4n) is 2.81. The third-order valence-electron chi connectivity index (χ3n) is 3.94. The number of aryl methyl sites for hydroxylation is 2. The van der Waals surface area contributed by atoms with Gasteiger partial charge in [0.2, 0.25) is 0 Å². The topological polar surface area (TPSA) is 31.6 Å². The van der Waals surface area contributed by atoms with Gasteiger partial charge in [0.25, 0.3) is 0 Å². The van der Waals surface area contributed by atoms with Gasteiger partial charge >= 0.3 is 0 Å². The zero-order chi connectivity index (χ0) is 13.4. The van der Waals surface area contributed by atoms with Gasteiger partial charge in [-0.15, -0.1) is 0 Å². The molecule has 2 aromatic heterocycles. The minimum Gasteiger partial charge on any atom is -0.361 e. The maximum atomic E-state index is 3.23. The van der Waals surface area contributed by atoms with Crippen molar-refractivity contribution in [3.8, 4) is 0 Å². The van der Waals surface area contributed by atoms with Gasteiger partial charge in [0, 0.05) is 23.4 Å². The normalized spacial score (nSPS) is 11.4. The van der Waals surface area contributed by atoms with Gasteiger partial charge in [0.05, 0.1) is 0 Å². The molecule has 0 amide bonds. The first-order valence-corrected chi connectivity index (χ1v) is 7.00. The highest BCUT2D eigenvalue weighted by Gasteiger charge is 2.01. The molecule has 0 spiro atoms. The minimum absolute atomic E-state index is 1.08. The van der Waals surface area contributed by atoms with Gasteiger partial charge in [-0.2, -0.15) is 0 Å². The summed E-state index contributed by atoms with van der Waals surface area (Å²) in [5.74, 6) is 0. The fraction of sp³-hybridized carbons (Fsp3) is 0.111. The van der Waals surface area contributed by atoms with Gasteiger partial charge < -0.3 is 9.97 Å². The van der Waals surface area contributed by atoms with Gasteiger partial charge in [0.1, 0.15) is 0 Å². The summed E-state index contributed by atoms with van der Waals surface area (Å²) < 4.78 is 0. The van der Waals surface area contributed by atoms with Crippen molar-refractivity contribution in [3.63, 3.8) is 0 Å². The molecule has 2 nitrogen and oxygen atoms in total. The Morgan fingerprint density at radius 3 is 1.60 bits per heavy atom. The molecule has 4 aromatic rings. The van der Waals surface area contributed by atoms with E-state index in [4.69, 9.17) is 0 Å². The van der Waals surface area contributed by atoms with Gasteiger partial charge in [-0.1, -0.05) is 12.1 Å². The second-order valence-corrected chi connectivity index (χ2v) is 5.30. The molecule has 4 rings (SSSR count). The second-order valence-electron chi connectivity index (χ2n) is 5.30. The lowest BCUT2D eigenvalue weighted by atomic mass is 10.0. The molecule has 98 valence electrons. The van der Waals surface area contributed by atoms with Crippen molar-refractivity contribution in [3.05, 3.63) is 72.1 Å². The Kier molecular flexibility index (Phi) is 2.59. The molecule has 0 aliphatic rings. The van der Waals surface area contributed by atoms with Crippen LogP contribution < -0.4 is 0 Å². The predicted octanol–water partition coefficient (Wildman–Crippen LogP) is 4.43. The molecule has 2 aromatic carbocycles. The Hall–Kier alpha value is -2.48. The number of H-pyrrole nitrogens is 2. The number of fused-ring (bicyclic) bond motifs is 2. The van der Waals surface area contributed by atoms with E-state index in [9.17, 15) is 0 Å². The number of rotatable bonds is 3. The highest BCUT2D eigenvalue weighted by molar-refractivity contribution is 5.80. The molecular formula is C18H16N2. The second kappa shape index (κ2) is 4.57. The molecule has 20 heavy (non-hydrogen) atoms. The molecule has 2 heterocycles. The van der Waals surface area contributed by atoms with Crippen LogP contribution in [0.25, 0.3) is 21.8 Å². The number of hydrogen-bond donors (Lipinski definition) is 2. The Labute approximate surface area is 117 Å². The van der Waals surface area contributed by atoms with Crippen molar-refractivity contribution in [2.24, 2.45) is 0 Å². The van der Waals surface area contributed by atoms with Crippen molar-refractivity contribution in [1.82, 2.24) is 9.97 Å². The van der Waals surface area contributed by atoms with Crippen LogP contribution in [0, 0.1) is 0 Å². The number of benzene rings is 2. The van der Waals surface area contributed by atoms with Crippen LogP contribution in [-0.2, 0) is 12.8 Å². The Morgan fingerprint density at radius 1 is 0.600 bits per heavy atom. The van der Waals surface area contributed by atoms with Gasteiger partial charge in [-0.3, -0.25) is 0 Å². The third kappa shape index (κ3) is 1.99. The highest BCUT2D eigenvalue weighted by atomic mass is 14.7. The maximum absolute atomic E-state index is 3.23. The largest absolute Gasteiger partial charge is 0.361 e. The lowest BCUT2D eigenvalue weighted by molar-refractivity contribution is 0.964. The number of aromatic amines is 2. The first-order valence-electron chi connectivity index (χ1n) is 7.00. The average Bonchev–Trinajstić information content (AvgIpc) is 3.12. The van der Waals surface area contributed by atoms with Gasteiger partial charge in [-0.05, 0) is 71.1 Å². The van der Waals surface area contributed by atoms with E-state index >= 15 is 0 Å². The molecule has 0 aliphatic heterocycles. The summed E-state index contributed by atoms with van der Waals surface area (Å²) in [7, 11) is 0. The first kappa shape index (κ1) is 11.4. The van der Waals surface area contributed by atoms with Crippen LogP contribution in [-0.4, -0.2) is 9.97 Å². The van der Waals surface area contributed by atoms with Crippen molar-refractivity contribution in [2.75, 3.05) is 0 Å². The highest BCUT2D eigenvalue weighted by Crippen LogP contribution is 2.18. The third-order valence-corrected chi connectivity index (χ3v) is 3.94. The van der Waals surface area contributed by atoms with Crippen LogP contribution in [0.3, 0.4) is 0 Å². The van der Waals surface area contributed by atoms with Crippen molar-refractivity contribution < 1.29 is 0 Å². The van der Waals surface area contributed by atoms with Gasteiger partial charge in [0.15, 0.2) is 0 Å². The van der Waals surface area contributed by atoms with E-state index in [-0.39, 0.29) is 0 Å². The first-order chi connectivity index (χ1) is 9.88. The molecular weight excluding hydrogens is 244 g/mol. The van der Waals surface area contributed by atoms with Crippen molar-refractivity contribution in [2.45, 2.75) is 12.8 Å². The van der Waals surface area contributed by atoms with Crippen LogP contribution in [0.5, 0.6) is 0 Å². The van der Waals surface area contributed by atoms with Crippen LogP contribution in [0.1, 0.15) is 11.1 Å². The number of hydrogen-bond acceptors (Lipinski definition) is 0. The Bertz CT molecular complexity index is 793. The summed E-state index contributed by atoms with van der Waals surface area (Å²) in [5.41, 5.74) is 5.21. The summed E-state index contributed by atoms with van der Waals surface area (Å²) in [6.45, 7) is 0. The maximum Gasteiger partial charge on any atom is 0.0454 e. The van der Waals surface area contributed by atoms with E-state index < -0.39 is 0 Å². The van der Waals surface area contributed by atoms with E-state index in [1.54, 1.807) is 0 Å². The lowest BCUT2D eigenvalue weighted by Gasteiger charge is -2.03. The van der Waals surface area contributed by atoms with Crippen LogP contribution in [0.4, 0.5) is 0 Å². The molecule has 2 N–H and O–H groups in total. The lowest BCUT2D eigenvalue weighted by Crippen LogP contribution is -1.91. The van der Waals surface area contributed by atoms with Crippen LogP contribution in [0.2, 0.25) is 0 Å². The average molecular weight is 260 g/mol.